The molecule has 0 aromatic heterocycles. The number of hydrogen-bond donors (Lipinski definition) is 3. The van der Waals surface area contributed by atoms with Crippen molar-refractivity contribution in [1.29, 1.82) is 0 Å². The fourth-order valence-electron chi connectivity index (χ4n) is 3.43. The van der Waals surface area contributed by atoms with Crippen LogP contribution in [0.4, 0.5) is 18.9 Å². The molecule has 198 valence electrons. The Kier molecular flexibility index (Phi) is 8.01. The van der Waals surface area contributed by atoms with E-state index < -0.39 is 65.6 Å². The molecule has 2 aromatic carbocycles. The highest BCUT2D eigenvalue weighted by Gasteiger charge is 2.57. The van der Waals surface area contributed by atoms with Crippen LogP contribution in [0.25, 0.3) is 0 Å². The first-order valence-electron chi connectivity index (χ1n) is 10.0. The minimum atomic E-state index is -4.95. The van der Waals surface area contributed by atoms with Crippen LogP contribution in [0.15, 0.2) is 57.5 Å². The quantitative estimate of drug-likeness (QED) is 0.397. The molecule has 3 rings (SSSR count). The second-order valence-corrected chi connectivity index (χ2v) is 10.8. The molecule has 0 saturated heterocycles. The van der Waals surface area contributed by atoms with Gasteiger partial charge in [0.1, 0.15) is 4.90 Å². The Morgan fingerprint density at radius 3 is 2.30 bits per heavy atom. The fraction of sp³-hybridized carbons (Fsp3) is 0.190. The number of nitrogens with zero attached hydrogens (tertiary/aromatic N) is 1. The summed E-state index contributed by atoms with van der Waals surface area (Å²) in [5.74, 6) is -5.53. The standard InChI is InChI=1S/C21H15BrCl2F3N3O6S/c1-2-11-9-16(31)20(19(33)34,18(32)28-37(35,36)17-13(23)4-3-5-14(17)24)29-30(11)15-7-6-10(22)8-12(15)21(25,26)27/h3-9,29H,2H2,1H3,(H,28,32)(H,33,34). The number of hydrogen-bond acceptors (Lipinski definition) is 7. The minimum Gasteiger partial charge on any atom is -0.479 e. The molecular weight excluding hydrogens is 630 g/mol. The van der Waals surface area contributed by atoms with Gasteiger partial charge in [0, 0.05) is 16.2 Å². The molecule has 1 heterocycles. The van der Waals surface area contributed by atoms with E-state index in [1.54, 1.807) is 0 Å². The minimum absolute atomic E-state index is 0.0450. The van der Waals surface area contributed by atoms with Crippen molar-refractivity contribution >= 4 is 72.5 Å². The van der Waals surface area contributed by atoms with Gasteiger partial charge in [-0.2, -0.15) is 18.6 Å². The van der Waals surface area contributed by atoms with Crippen LogP contribution in [0.5, 0.6) is 0 Å². The Morgan fingerprint density at radius 1 is 1.19 bits per heavy atom. The summed E-state index contributed by atoms with van der Waals surface area (Å²) in [4.78, 5) is 37.7. The SMILES string of the molecule is CCC1=CC(=O)C(C(=O)O)(C(=O)NS(=O)(=O)c2c(Cl)cccc2Cl)NN1c1ccc(Br)cc1C(F)(F)F. The number of carboxylic acids is 1. The molecule has 0 saturated carbocycles. The van der Waals surface area contributed by atoms with Crippen LogP contribution in [0.3, 0.4) is 0 Å². The predicted octanol–water partition coefficient (Wildman–Crippen LogP) is 4.29. The van der Waals surface area contributed by atoms with Crippen molar-refractivity contribution in [3.8, 4) is 0 Å². The number of carboxylic acid groups (broad SMARTS) is 1. The monoisotopic (exact) mass is 643 g/mol. The number of sulfonamides is 1. The normalized spacial score (nSPS) is 18.4. The smallest absolute Gasteiger partial charge is 0.418 e. The first-order chi connectivity index (χ1) is 17.1. The van der Waals surface area contributed by atoms with Crippen LogP contribution < -0.4 is 15.2 Å². The number of anilines is 1. The number of carbonyl (C=O) groups is 3. The van der Waals surface area contributed by atoms with E-state index in [0.717, 1.165) is 18.2 Å². The number of allylic oxidation sites excluding steroid dienone is 1. The summed E-state index contributed by atoms with van der Waals surface area (Å²) in [7, 11) is -4.95. The summed E-state index contributed by atoms with van der Waals surface area (Å²) in [5, 5.41) is 9.70. The molecular formula is C21H15BrCl2F3N3O6S. The lowest BCUT2D eigenvalue weighted by molar-refractivity contribution is -0.154. The largest absolute Gasteiger partial charge is 0.479 e. The zero-order chi connectivity index (χ0) is 27.9. The van der Waals surface area contributed by atoms with Crippen molar-refractivity contribution < 1.29 is 41.1 Å². The van der Waals surface area contributed by atoms with Gasteiger partial charge < -0.3 is 5.11 Å². The maximum Gasteiger partial charge on any atom is 0.418 e. The maximum absolute atomic E-state index is 13.8. The molecule has 0 bridgehead atoms. The lowest BCUT2D eigenvalue weighted by Gasteiger charge is -2.40. The van der Waals surface area contributed by atoms with Crippen LogP contribution in [0, 0.1) is 0 Å². The van der Waals surface area contributed by atoms with Gasteiger partial charge in [0.2, 0.25) is 5.78 Å². The molecule has 9 nitrogen and oxygen atoms in total. The van der Waals surface area contributed by atoms with Gasteiger partial charge in [0.25, 0.3) is 21.5 Å². The Labute approximate surface area is 226 Å². The van der Waals surface area contributed by atoms with Gasteiger partial charge in [0.15, 0.2) is 0 Å². The second kappa shape index (κ2) is 10.3. The predicted molar refractivity (Wildman–Crippen MR) is 130 cm³/mol. The summed E-state index contributed by atoms with van der Waals surface area (Å²) in [6.07, 6.45) is -4.35. The Morgan fingerprint density at radius 2 is 1.78 bits per heavy atom. The summed E-state index contributed by atoms with van der Waals surface area (Å²) < 4.78 is 68.7. The van der Waals surface area contributed by atoms with E-state index in [1.807, 2.05) is 5.43 Å². The van der Waals surface area contributed by atoms with Crippen LogP contribution in [0.2, 0.25) is 10.0 Å². The second-order valence-electron chi connectivity index (χ2n) is 7.50. The molecule has 1 atom stereocenters. The number of benzene rings is 2. The highest BCUT2D eigenvalue weighted by molar-refractivity contribution is 9.10. The van der Waals surface area contributed by atoms with Crippen molar-refractivity contribution in [3.63, 3.8) is 0 Å². The molecule has 1 aliphatic heterocycles. The van der Waals surface area contributed by atoms with Crippen molar-refractivity contribution in [1.82, 2.24) is 10.1 Å². The van der Waals surface area contributed by atoms with Gasteiger partial charge in [0.05, 0.1) is 21.3 Å². The van der Waals surface area contributed by atoms with Gasteiger partial charge in [-0.3, -0.25) is 14.6 Å². The first-order valence-corrected chi connectivity index (χ1v) is 13.0. The molecule has 2 aromatic rings. The molecule has 0 fully saturated rings. The molecule has 0 spiro atoms. The number of aliphatic carboxylic acids is 1. The van der Waals surface area contributed by atoms with E-state index in [1.165, 1.54) is 23.8 Å². The molecule has 0 radical (unpaired) electrons. The zero-order valence-electron chi connectivity index (χ0n) is 18.4. The van der Waals surface area contributed by atoms with Crippen molar-refractivity contribution in [2.75, 3.05) is 5.01 Å². The lowest BCUT2D eigenvalue weighted by atomic mass is 9.90. The first kappa shape index (κ1) is 28.9. The van der Waals surface area contributed by atoms with E-state index in [4.69, 9.17) is 23.2 Å². The topological polar surface area (TPSA) is 133 Å². The number of alkyl halides is 3. The summed E-state index contributed by atoms with van der Waals surface area (Å²) in [6.45, 7) is 1.47. The van der Waals surface area contributed by atoms with Crippen LogP contribution in [-0.2, 0) is 30.6 Å². The van der Waals surface area contributed by atoms with Crippen LogP contribution >= 0.6 is 39.1 Å². The van der Waals surface area contributed by atoms with E-state index in [9.17, 15) is 41.1 Å². The lowest BCUT2D eigenvalue weighted by Crippen LogP contribution is -2.72. The van der Waals surface area contributed by atoms with Gasteiger partial charge in [-0.05, 0) is 36.8 Å². The summed E-state index contributed by atoms with van der Waals surface area (Å²) in [5.41, 5.74) is -3.36. The fourth-order valence-corrected chi connectivity index (χ4v) is 5.94. The Hall–Kier alpha value is -2.65. The van der Waals surface area contributed by atoms with Crippen molar-refractivity contribution in [2.45, 2.75) is 30.0 Å². The number of hydrazine groups is 1. The number of amides is 1. The number of rotatable bonds is 6. The summed E-state index contributed by atoms with van der Waals surface area (Å²) in [6, 6.07) is 6.49. The third-order valence-corrected chi connectivity index (χ3v) is 7.96. The number of ketones is 1. The molecule has 1 unspecified atom stereocenters. The van der Waals surface area contributed by atoms with Gasteiger partial charge in [-0.1, -0.05) is 52.1 Å². The van der Waals surface area contributed by atoms with E-state index >= 15 is 0 Å². The van der Waals surface area contributed by atoms with E-state index in [-0.39, 0.29) is 16.6 Å². The van der Waals surface area contributed by atoms with Gasteiger partial charge in [-0.25, -0.2) is 17.9 Å². The van der Waals surface area contributed by atoms with Gasteiger partial charge >= 0.3 is 12.1 Å². The third-order valence-electron chi connectivity index (χ3n) is 5.18. The zero-order valence-corrected chi connectivity index (χ0v) is 22.3. The van der Waals surface area contributed by atoms with Crippen LogP contribution in [-0.4, -0.2) is 36.7 Å². The molecule has 16 heteroatoms. The number of carbonyl (C=O) groups excluding carboxylic acids is 2. The average Bonchev–Trinajstić information content (AvgIpc) is 2.77. The maximum atomic E-state index is 13.8. The van der Waals surface area contributed by atoms with Crippen LogP contribution in [0.1, 0.15) is 18.9 Å². The third kappa shape index (κ3) is 5.34. The molecule has 1 amide bonds. The number of halogens is 6. The molecule has 1 aliphatic rings. The van der Waals surface area contributed by atoms with E-state index in [0.29, 0.717) is 17.2 Å². The van der Waals surface area contributed by atoms with Crippen molar-refractivity contribution in [2.24, 2.45) is 0 Å². The van der Waals surface area contributed by atoms with Gasteiger partial charge in [-0.15, -0.1) is 0 Å². The highest BCUT2D eigenvalue weighted by Crippen LogP contribution is 2.40. The number of nitrogens with one attached hydrogen (secondary N) is 2. The highest BCUT2D eigenvalue weighted by atomic mass is 79.9. The summed E-state index contributed by atoms with van der Waals surface area (Å²) >= 11 is 14.7. The average molecular weight is 645 g/mol. The Balaban J connectivity index is 2.17. The van der Waals surface area contributed by atoms with E-state index in [2.05, 4.69) is 15.9 Å². The molecule has 37 heavy (non-hydrogen) atoms. The van der Waals surface area contributed by atoms with Crippen molar-refractivity contribution in [3.05, 3.63) is 68.3 Å². The molecule has 3 N–H and O–H groups in total. The Bertz CT molecular complexity index is 1430. The molecule has 0 aliphatic carbocycles.